The molecule has 0 spiro atoms. The smallest absolute Gasteiger partial charge is 0.193 e. The first kappa shape index (κ1) is 11.8. The molecule has 0 aliphatic heterocycles. The van der Waals surface area contributed by atoms with Crippen LogP contribution in [-0.4, -0.2) is 26.4 Å². The number of rotatable bonds is 4. The van der Waals surface area contributed by atoms with E-state index in [-0.39, 0.29) is 0 Å². The predicted molar refractivity (Wildman–Crippen MR) is 49.5 cm³/mol. The minimum Gasteiger partial charge on any atom is -0.408 e. The van der Waals surface area contributed by atoms with E-state index in [0.29, 0.717) is 0 Å². The molecule has 0 heterocycles. The lowest BCUT2D eigenvalue weighted by atomic mass is 10.2. The average molecular weight is 192 g/mol. The van der Waals surface area contributed by atoms with Crippen LogP contribution in [-0.2, 0) is 9.22 Å². The Hall–Kier alpha value is -0.223. The molecule has 72 valence electrons. The van der Waals surface area contributed by atoms with Crippen LogP contribution in [0.2, 0.25) is 19.6 Å². The van der Waals surface area contributed by atoms with Crippen molar-refractivity contribution in [2.75, 3.05) is 0 Å². The molecule has 0 amide bonds. The third-order valence-corrected chi connectivity index (χ3v) is 2.38. The summed E-state index contributed by atoms with van der Waals surface area (Å²) in [5, 5.41) is 0. The Labute approximate surface area is 74.2 Å². The summed E-state index contributed by atoms with van der Waals surface area (Å²) in [5.74, 6) is -0.461. The molecule has 4 heteroatoms. The number of ketones is 1. The van der Waals surface area contributed by atoms with Crippen LogP contribution < -0.4 is 0 Å². The summed E-state index contributed by atoms with van der Waals surface area (Å²) in [4.78, 5) is 11.0. The molecule has 0 aromatic carbocycles. The lowest BCUT2D eigenvalue weighted by Crippen LogP contribution is -2.37. The van der Waals surface area contributed by atoms with Crippen LogP contribution in [0.4, 0.5) is 4.39 Å². The molecule has 0 N–H and O–H groups in total. The van der Waals surface area contributed by atoms with Gasteiger partial charge in [-0.2, -0.15) is 0 Å². The van der Waals surface area contributed by atoms with Gasteiger partial charge in [0.25, 0.3) is 0 Å². The summed E-state index contributed by atoms with van der Waals surface area (Å²) in [6, 6.07) is 0. The highest BCUT2D eigenvalue weighted by atomic mass is 28.4. The number of carbonyl (C=O) groups excluding carboxylic acids is 1. The Morgan fingerprint density at radius 3 is 2.00 bits per heavy atom. The molecule has 0 aliphatic carbocycles. The Bertz CT molecular complexity index is 163. The van der Waals surface area contributed by atoms with E-state index in [1.807, 2.05) is 19.6 Å². The Kier molecular flexibility index (Phi) is 4.06. The molecule has 0 bridgehead atoms. The van der Waals surface area contributed by atoms with E-state index in [9.17, 15) is 9.18 Å². The van der Waals surface area contributed by atoms with E-state index in [1.54, 1.807) is 6.92 Å². The highest BCUT2D eigenvalue weighted by Crippen LogP contribution is 2.09. The van der Waals surface area contributed by atoms with Gasteiger partial charge in [0.15, 0.2) is 20.3 Å². The van der Waals surface area contributed by atoms with Crippen LogP contribution >= 0.6 is 0 Å². The van der Waals surface area contributed by atoms with Crippen molar-refractivity contribution < 1.29 is 13.6 Å². The van der Waals surface area contributed by atoms with Crippen molar-refractivity contribution in [3.8, 4) is 0 Å². The summed E-state index contributed by atoms with van der Waals surface area (Å²) < 4.78 is 17.9. The second-order valence-corrected chi connectivity index (χ2v) is 8.35. The summed E-state index contributed by atoms with van der Waals surface area (Å²) in [7, 11) is -1.72. The highest BCUT2D eigenvalue weighted by Gasteiger charge is 2.25. The van der Waals surface area contributed by atoms with Gasteiger partial charge in [0.1, 0.15) is 6.10 Å². The first-order valence-corrected chi connectivity index (χ1v) is 7.50. The van der Waals surface area contributed by atoms with Gasteiger partial charge in [-0.15, -0.1) is 0 Å². The van der Waals surface area contributed by atoms with E-state index < -0.39 is 26.4 Å². The van der Waals surface area contributed by atoms with E-state index in [0.717, 1.165) is 0 Å². The highest BCUT2D eigenvalue weighted by molar-refractivity contribution is 6.69. The third-order valence-electron chi connectivity index (χ3n) is 1.32. The standard InChI is InChI=1S/C8H17FO2Si/c1-6(9)8(10)7(2)11-12(3,4)5/h6-7H,1-5H3. The molecule has 2 nitrogen and oxygen atoms in total. The molecular weight excluding hydrogens is 175 g/mol. The second kappa shape index (κ2) is 4.14. The number of hydrogen-bond acceptors (Lipinski definition) is 2. The first-order valence-electron chi connectivity index (χ1n) is 4.09. The largest absolute Gasteiger partial charge is 0.408 e. The first-order chi connectivity index (χ1) is 5.24. The fourth-order valence-corrected chi connectivity index (χ4v) is 2.09. The van der Waals surface area contributed by atoms with Crippen molar-refractivity contribution >= 4 is 14.1 Å². The quantitative estimate of drug-likeness (QED) is 0.638. The van der Waals surface area contributed by atoms with E-state index in [4.69, 9.17) is 4.43 Å². The van der Waals surface area contributed by atoms with Gasteiger partial charge < -0.3 is 4.43 Å². The van der Waals surface area contributed by atoms with Gasteiger partial charge in [0.05, 0.1) is 0 Å². The SMILES string of the molecule is CC(F)C(=O)C(C)O[Si](C)(C)C. The van der Waals surface area contributed by atoms with Crippen molar-refractivity contribution in [1.82, 2.24) is 0 Å². The van der Waals surface area contributed by atoms with Crippen LogP contribution in [0.1, 0.15) is 13.8 Å². The number of Topliss-reactive ketones (excluding diaryl/α,β-unsaturated/α-hetero) is 1. The molecule has 0 aromatic heterocycles. The zero-order valence-corrected chi connectivity index (χ0v) is 9.35. The Balaban J connectivity index is 4.05. The van der Waals surface area contributed by atoms with Gasteiger partial charge in [-0.3, -0.25) is 4.79 Å². The van der Waals surface area contributed by atoms with Crippen molar-refractivity contribution in [1.29, 1.82) is 0 Å². The Morgan fingerprint density at radius 2 is 1.75 bits per heavy atom. The van der Waals surface area contributed by atoms with Gasteiger partial charge in [-0.1, -0.05) is 0 Å². The molecule has 0 saturated carbocycles. The molecule has 2 atom stereocenters. The normalized spacial score (nSPS) is 17.2. The van der Waals surface area contributed by atoms with E-state index in [1.165, 1.54) is 6.92 Å². The molecular formula is C8H17FO2Si. The van der Waals surface area contributed by atoms with Crippen molar-refractivity contribution in [3.63, 3.8) is 0 Å². The molecule has 0 saturated heterocycles. The topological polar surface area (TPSA) is 26.3 Å². The van der Waals surface area contributed by atoms with Crippen LogP contribution in [0.3, 0.4) is 0 Å². The van der Waals surface area contributed by atoms with Gasteiger partial charge in [-0.25, -0.2) is 4.39 Å². The van der Waals surface area contributed by atoms with E-state index >= 15 is 0 Å². The molecule has 2 unspecified atom stereocenters. The summed E-state index contributed by atoms with van der Waals surface area (Å²) in [6.45, 7) is 8.77. The summed E-state index contributed by atoms with van der Waals surface area (Å²) >= 11 is 0. The number of hydrogen-bond donors (Lipinski definition) is 0. The minimum absolute atomic E-state index is 0.461. The molecule has 0 radical (unpaired) electrons. The fourth-order valence-electron chi connectivity index (χ4n) is 0.912. The van der Waals surface area contributed by atoms with Gasteiger partial charge in [-0.05, 0) is 33.5 Å². The number of carbonyl (C=O) groups is 1. The third kappa shape index (κ3) is 4.61. The molecule has 0 fully saturated rings. The van der Waals surface area contributed by atoms with Crippen molar-refractivity contribution in [2.45, 2.75) is 45.8 Å². The van der Waals surface area contributed by atoms with Crippen LogP contribution in [0, 0.1) is 0 Å². The van der Waals surface area contributed by atoms with Crippen molar-refractivity contribution in [3.05, 3.63) is 0 Å². The maximum Gasteiger partial charge on any atom is 0.193 e. The van der Waals surface area contributed by atoms with Crippen molar-refractivity contribution in [2.24, 2.45) is 0 Å². The monoisotopic (exact) mass is 192 g/mol. The maximum absolute atomic E-state index is 12.5. The second-order valence-electron chi connectivity index (χ2n) is 3.89. The predicted octanol–water partition coefficient (Wildman–Crippen LogP) is 2.15. The summed E-state index contributed by atoms with van der Waals surface area (Å²) in [5.41, 5.74) is 0. The molecule has 0 rings (SSSR count). The lowest BCUT2D eigenvalue weighted by molar-refractivity contribution is -0.129. The molecule has 0 aromatic rings. The number of alkyl halides is 1. The van der Waals surface area contributed by atoms with E-state index in [2.05, 4.69) is 0 Å². The maximum atomic E-state index is 12.5. The van der Waals surface area contributed by atoms with Gasteiger partial charge in [0, 0.05) is 0 Å². The van der Waals surface area contributed by atoms with Crippen LogP contribution in [0.15, 0.2) is 0 Å². The lowest BCUT2D eigenvalue weighted by Gasteiger charge is -2.22. The van der Waals surface area contributed by atoms with Crippen LogP contribution in [0.5, 0.6) is 0 Å². The Morgan fingerprint density at radius 1 is 1.33 bits per heavy atom. The minimum atomic E-state index is -1.72. The fraction of sp³-hybridized carbons (Fsp3) is 0.875. The molecule has 0 aliphatic rings. The summed E-state index contributed by atoms with van der Waals surface area (Å²) in [6.07, 6.45) is -2.02. The number of halogens is 1. The van der Waals surface area contributed by atoms with Crippen LogP contribution in [0.25, 0.3) is 0 Å². The van der Waals surface area contributed by atoms with Gasteiger partial charge >= 0.3 is 0 Å². The average Bonchev–Trinajstić information content (AvgIpc) is 1.82. The molecule has 12 heavy (non-hydrogen) atoms. The van der Waals surface area contributed by atoms with Gasteiger partial charge in [0.2, 0.25) is 0 Å². The zero-order chi connectivity index (χ0) is 9.94. The zero-order valence-electron chi connectivity index (χ0n) is 8.35.